The molecule has 1 aromatic carbocycles. The van der Waals surface area contributed by atoms with Crippen molar-refractivity contribution in [3.05, 3.63) is 42.5 Å². The molecule has 0 N–H and O–H groups in total. The molecule has 0 unspecified atom stereocenters. The number of nitrogens with zero attached hydrogens (tertiary/aromatic N) is 4. The van der Waals surface area contributed by atoms with Crippen molar-refractivity contribution >= 4 is 11.6 Å². The molecular weight excluding hydrogens is 341 g/mol. The van der Waals surface area contributed by atoms with Gasteiger partial charge in [0.1, 0.15) is 5.75 Å². The van der Waals surface area contributed by atoms with Crippen LogP contribution in [-0.2, 0) is 4.74 Å². The maximum Gasteiger partial charge on any atom is 0.573 e. The number of hydrogen-bond donors (Lipinski definition) is 0. The molecule has 0 atom stereocenters. The molecule has 2 aromatic heterocycles. The average molecular weight is 352 g/mol. The van der Waals surface area contributed by atoms with Gasteiger partial charge in [-0.15, -0.1) is 18.3 Å². The van der Waals surface area contributed by atoms with Crippen molar-refractivity contribution in [3.8, 4) is 17.0 Å². The van der Waals surface area contributed by atoms with Gasteiger partial charge >= 0.3 is 12.3 Å². The Morgan fingerprint density at radius 3 is 2.60 bits per heavy atom. The Balaban J connectivity index is 1.87. The Labute approximate surface area is 139 Å². The first-order chi connectivity index (χ1) is 11.9. The van der Waals surface area contributed by atoms with E-state index in [1.807, 2.05) is 0 Å². The second-order valence-electron chi connectivity index (χ2n) is 4.80. The van der Waals surface area contributed by atoms with Crippen molar-refractivity contribution in [2.45, 2.75) is 13.3 Å². The monoisotopic (exact) mass is 352 g/mol. The van der Waals surface area contributed by atoms with Crippen LogP contribution in [0.4, 0.5) is 13.2 Å². The number of hydrogen-bond acceptors (Lipinski definition) is 6. The number of carbonyl (C=O) groups is 1. The number of fused-ring (bicyclic) bond motifs is 1. The van der Waals surface area contributed by atoms with Gasteiger partial charge in [0.05, 0.1) is 24.7 Å². The van der Waals surface area contributed by atoms with Crippen LogP contribution in [0.15, 0.2) is 36.7 Å². The number of esters is 1. The number of halogens is 3. The highest BCUT2D eigenvalue weighted by Crippen LogP contribution is 2.25. The van der Waals surface area contributed by atoms with Crippen molar-refractivity contribution in [2.75, 3.05) is 6.61 Å². The number of carbonyl (C=O) groups excluding carboxylic acids is 1. The number of rotatable bonds is 4. The van der Waals surface area contributed by atoms with Crippen molar-refractivity contribution in [1.82, 2.24) is 19.6 Å². The van der Waals surface area contributed by atoms with Crippen LogP contribution in [0.25, 0.3) is 16.9 Å². The van der Waals surface area contributed by atoms with E-state index in [1.54, 1.807) is 6.92 Å². The Kier molecular flexibility index (Phi) is 4.26. The molecule has 25 heavy (non-hydrogen) atoms. The Morgan fingerprint density at radius 2 is 1.96 bits per heavy atom. The van der Waals surface area contributed by atoms with E-state index in [1.165, 1.54) is 41.2 Å². The van der Waals surface area contributed by atoms with E-state index in [2.05, 4.69) is 19.8 Å². The Morgan fingerprint density at radius 1 is 1.24 bits per heavy atom. The summed E-state index contributed by atoms with van der Waals surface area (Å²) < 4.78 is 46.5. The molecule has 7 nitrogen and oxygen atoms in total. The molecular formula is C15H11F3N4O3. The molecule has 0 aliphatic carbocycles. The van der Waals surface area contributed by atoms with Crippen LogP contribution in [-0.4, -0.2) is 38.5 Å². The van der Waals surface area contributed by atoms with E-state index < -0.39 is 12.3 Å². The first-order valence-electron chi connectivity index (χ1n) is 7.11. The summed E-state index contributed by atoms with van der Waals surface area (Å²) in [7, 11) is 0. The third-order valence-corrected chi connectivity index (χ3v) is 3.06. The van der Waals surface area contributed by atoms with Gasteiger partial charge in [0.15, 0.2) is 5.65 Å². The second-order valence-corrected chi connectivity index (χ2v) is 4.80. The van der Waals surface area contributed by atoms with E-state index in [0.29, 0.717) is 16.9 Å². The number of aromatic nitrogens is 4. The van der Waals surface area contributed by atoms with Crippen LogP contribution >= 0.6 is 0 Å². The van der Waals surface area contributed by atoms with Crippen LogP contribution in [0, 0.1) is 0 Å². The number of alkyl halides is 3. The van der Waals surface area contributed by atoms with Gasteiger partial charge in [-0.1, -0.05) is 0 Å². The molecule has 0 aliphatic heterocycles. The van der Waals surface area contributed by atoms with Crippen LogP contribution in [0.1, 0.15) is 17.5 Å². The summed E-state index contributed by atoms with van der Waals surface area (Å²) in [5.41, 5.74) is 1.32. The fraction of sp³-hybridized carbons (Fsp3) is 0.200. The summed E-state index contributed by atoms with van der Waals surface area (Å²) in [5.74, 6) is -1.08. The molecule has 0 fully saturated rings. The Bertz CT molecular complexity index is 907. The third-order valence-electron chi connectivity index (χ3n) is 3.06. The quantitative estimate of drug-likeness (QED) is 0.672. The molecule has 0 amide bonds. The Hall–Kier alpha value is -3.17. The molecule has 3 aromatic rings. The summed E-state index contributed by atoms with van der Waals surface area (Å²) >= 11 is 0. The summed E-state index contributed by atoms with van der Waals surface area (Å²) in [4.78, 5) is 19.8. The van der Waals surface area contributed by atoms with Crippen molar-refractivity contribution in [1.29, 1.82) is 0 Å². The summed E-state index contributed by atoms with van der Waals surface area (Å²) in [6, 6.07) is 5.22. The zero-order valence-corrected chi connectivity index (χ0v) is 12.8. The minimum atomic E-state index is -4.75. The van der Waals surface area contributed by atoms with Gasteiger partial charge in [-0.25, -0.2) is 9.31 Å². The predicted molar refractivity (Wildman–Crippen MR) is 78.9 cm³/mol. The summed E-state index contributed by atoms with van der Waals surface area (Å²) in [6.07, 6.45) is -1.85. The molecule has 10 heteroatoms. The highest BCUT2D eigenvalue weighted by molar-refractivity contribution is 5.85. The lowest BCUT2D eigenvalue weighted by Crippen LogP contribution is -2.16. The second kappa shape index (κ2) is 6.38. The van der Waals surface area contributed by atoms with E-state index in [-0.39, 0.29) is 18.2 Å². The highest BCUT2D eigenvalue weighted by Gasteiger charge is 2.31. The molecule has 130 valence electrons. The van der Waals surface area contributed by atoms with E-state index >= 15 is 0 Å². The summed E-state index contributed by atoms with van der Waals surface area (Å²) in [5, 5.41) is 4.00. The van der Waals surface area contributed by atoms with Crippen LogP contribution in [0.2, 0.25) is 0 Å². The lowest BCUT2D eigenvalue weighted by Gasteiger charge is -2.09. The fourth-order valence-corrected chi connectivity index (χ4v) is 2.05. The fourth-order valence-electron chi connectivity index (χ4n) is 2.05. The normalized spacial score (nSPS) is 11.5. The molecule has 0 saturated carbocycles. The molecule has 2 heterocycles. The van der Waals surface area contributed by atoms with Gasteiger partial charge in [-0.05, 0) is 31.2 Å². The zero-order chi connectivity index (χ0) is 18.0. The van der Waals surface area contributed by atoms with Crippen LogP contribution < -0.4 is 4.74 Å². The van der Waals surface area contributed by atoms with Crippen molar-refractivity contribution < 1.29 is 27.4 Å². The smallest absolute Gasteiger partial charge is 0.460 e. The first-order valence-corrected chi connectivity index (χ1v) is 7.11. The first kappa shape index (κ1) is 16.7. The van der Waals surface area contributed by atoms with E-state index in [9.17, 15) is 18.0 Å². The molecule has 0 bridgehead atoms. The van der Waals surface area contributed by atoms with Crippen molar-refractivity contribution in [2.24, 2.45) is 0 Å². The zero-order valence-electron chi connectivity index (χ0n) is 12.8. The lowest BCUT2D eigenvalue weighted by molar-refractivity contribution is -0.274. The van der Waals surface area contributed by atoms with Crippen LogP contribution in [0.3, 0.4) is 0 Å². The molecule has 0 aliphatic rings. The highest BCUT2D eigenvalue weighted by atomic mass is 19.4. The maximum atomic E-state index is 12.2. The number of ether oxygens (including phenoxy) is 2. The summed E-state index contributed by atoms with van der Waals surface area (Å²) in [6.45, 7) is 1.86. The largest absolute Gasteiger partial charge is 0.573 e. The van der Waals surface area contributed by atoms with E-state index in [4.69, 9.17) is 4.74 Å². The number of benzene rings is 1. The molecule has 3 rings (SSSR count). The maximum absolute atomic E-state index is 12.2. The molecule has 0 saturated heterocycles. The SMILES string of the molecule is CCOC(=O)c1nc2cnc(-c3ccc(OC(F)(F)F)cc3)cn2n1. The van der Waals surface area contributed by atoms with Crippen LogP contribution in [0.5, 0.6) is 5.75 Å². The predicted octanol–water partition coefficient (Wildman–Crippen LogP) is 2.87. The van der Waals surface area contributed by atoms with Gasteiger partial charge in [-0.2, -0.15) is 4.98 Å². The van der Waals surface area contributed by atoms with E-state index in [0.717, 1.165) is 0 Å². The topological polar surface area (TPSA) is 78.6 Å². The minimum absolute atomic E-state index is 0.102. The third kappa shape index (κ3) is 3.84. The standard InChI is InChI=1S/C15H11F3N4O3/c1-2-24-14(23)13-20-12-7-19-11(8-22(12)21-13)9-3-5-10(6-4-9)25-15(16,17)18/h3-8H,2H2,1H3. The molecule has 0 spiro atoms. The molecule has 0 radical (unpaired) electrons. The minimum Gasteiger partial charge on any atom is -0.460 e. The van der Waals surface area contributed by atoms with Gasteiger partial charge in [0.2, 0.25) is 0 Å². The average Bonchev–Trinajstić information content (AvgIpc) is 2.97. The van der Waals surface area contributed by atoms with Gasteiger partial charge < -0.3 is 9.47 Å². The van der Waals surface area contributed by atoms with Gasteiger partial charge in [0, 0.05) is 5.56 Å². The lowest BCUT2D eigenvalue weighted by atomic mass is 10.1. The van der Waals surface area contributed by atoms with Gasteiger partial charge in [-0.3, -0.25) is 4.98 Å². The van der Waals surface area contributed by atoms with Gasteiger partial charge in [0.25, 0.3) is 5.82 Å². The van der Waals surface area contributed by atoms with Crippen molar-refractivity contribution in [3.63, 3.8) is 0 Å².